The van der Waals surface area contributed by atoms with E-state index in [9.17, 15) is 0 Å². The van der Waals surface area contributed by atoms with Crippen molar-refractivity contribution in [1.29, 1.82) is 0 Å². The maximum Gasteiger partial charge on any atom is 0.138 e. The van der Waals surface area contributed by atoms with Gasteiger partial charge in [-0.25, -0.2) is 0 Å². The van der Waals surface area contributed by atoms with Gasteiger partial charge in [0.2, 0.25) is 0 Å². The molecule has 1 aliphatic heterocycles. The third-order valence-corrected chi connectivity index (χ3v) is 2.99. The third kappa shape index (κ3) is 1.05. The average Bonchev–Trinajstić information content (AvgIpc) is 2.35. The van der Waals surface area contributed by atoms with E-state index in [1.54, 1.807) is 0 Å². The third-order valence-electron chi connectivity index (χ3n) is 2.99. The van der Waals surface area contributed by atoms with Crippen LogP contribution in [-0.2, 0) is 4.84 Å². The summed E-state index contributed by atoms with van der Waals surface area (Å²) in [6, 6.07) is 0. The highest BCUT2D eigenvalue weighted by atomic mass is 16.6. The van der Waals surface area contributed by atoms with Crippen molar-refractivity contribution in [3.8, 4) is 0 Å². The number of nitrogens with zero attached hydrogens (tertiary/aromatic N) is 1. The molecule has 11 heavy (non-hydrogen) atoms. The van der Waals surface area contributed by atoms with Gasteiger partial charge in [-0.1, -0.05) is 18.5 Å². The molecular formula is C9H15NO. The van der Waals surface area contributed by atoms with Crippen LogP contribution in [0.15, 0.2) is 5.16 Å². The van der Waals surface area contributed by atoms with E-state index in [-0.39, 0.29) is 0 Å². The van der Waals surface area contributed by atoms with Gasteiger partial charge in [-0.2, -0.15) is 0 Å². The first-order valence-corrected chi connectivity index (χ1v) is 4.49. The molecule has 2 rings (SSSR count). The fourth-order valence-electron chi connectivity index (χ4n) is 2.22. The zero-order valence-electron chi connectivity index (χ0n) is 7.21. The topological polar surface area (TPSA) is 21.6 Å². The molecule has 2 heteroatoms. The summed E-state index contributed by atoms with van der Waals surface area (Å²) in [5.41, 5.74) is 1.21. The minimum absolute atomic E-state index is 0.406. The molecule has 0 saturated heterocycles. The summed E-state index contributed by atoms with van der Waals surface area (Å²) in [6.07, 6.45) is 4.34. The Morgan fingerprint density at radius 1 is 1.45 bits per heavy atom. The van der Waals surface area contributed by atoms with Crippen LogP contribution in [-0.4, -0.2) is 11.8 Å². The number of hydrogen-bond donors (Lipinski definition) is 0. The number of fused-ring (bicyclic) bond motifs is 1. The lowest BCUT2D eigenvalue weighted by Gasteiger charge is -2.28. The van der Waals surface area contributed by atoms with Crippen LogP contribution in [0.2, 0.25) is 0 Å². The summed E-state index contributed by atoms with van der Waals surface area (Å²) in [7, 11) is 0. The Hall–Kier alpha value is -0.530. The summed E-state index contributed by atoms with van der Waals surface area (Å²) in [4.78, 5) is 5.37. The summed E-state index contributed by atoms with van der Waals surface area (Å²) in [5, 5.41) is 4.05. The Bertz CT molecular complexity index is 188. The second-order valence-electron chi connectivity index (χ2n) is 3.82. The van der Waals surface area contributed by atoms with Crippen molar-refractivity contribution in [3.05, 3.63) is 0 Å². The smallest absolute Gasteiger partial charge is 0.138 e. The van der Waals surface area contributed by atoms with Crippen LogP contribution in [0.5, 0.6) is 0 Å². The van der Waals surface area contributed by atoms with Crippen molar-refractivity contribution in [2.45, 2.75) is 39.2 Å². The number of oxime groups is 1. The van der Waals surface area contributed by atoms with Gasteiger partial charge in [0.05, 0.1) is 5.71 Å². The lowest BCUT2D eigenvalue weighted by molar-refractivity contribution is 0.00318. The van der Waals surface area contributed by atoms with Crippen LogP contribution in [0, 0.1) is 11.8 Å². The highest BCUT2D eigenvalue weighted by Gasteiger charge is 2.38. The zero-order chi connectivity index (χ0) is 7.84. The zero-order valence-corrected chi connectivity index (χ0v) is 7.21. The molecule has 0 aromatic carbocycles. The molecule has 0 N–H and O–H groups in total. The van der Waals surface area contributed by atoms with Gasteiger partial charge in [0.25, 0.3) is 0 Å². The number of hydrogen-bond acceptors (Lipinski definition) is 2. The van der Waals surface area contributed by atoms with E-state index in [1.807, 2.05) is 0 Å². The molecule has 0 aromatic heterocycles. The fraction of sp³-hybridized carbons (Fsp3) is 0.889. The largest absolute Gasteiger partial charge is 0.392 e. The maximum atomic E-state index is 5.37. The molecule has 1 heterocycles. The standard InChI is InChI=1S/C9H15NO/c1-6-4-3-5-8-7(2)10-11-9(6)8/h6,8-9H,3-5H2,1-2H3. The fourth-order valence-corrected chi connectivity index (χ4v) is 2.22. The monoisotopic (exact) mass is 153 g/mol. The van der Waals surface area contributed by atoms with E-state index in [4.69, 9.17) is 4.84 Å². The molecule has 2 aliphatic rings. The quantitative estimate of drug-likeness (QED) is 0.522. The van der Waals surface area contributed by atoms with E-state index in [1.165, 1.54) is 25.0 Å². The predicted octanol–water partition coefficient (Wildman–Crippen LogP) is 2.20. The van der Waals surface area contributed by atoms with Crippen LogP contribution in [0.1, 0.15) is 33.1 Å². The predicted molar refractivity (Wildman–Crippen MR) is 44.5 cm³/mol. The van der Waals surface area contributed by atoms with E-state index in [0.717, 1.165) is 0 Å². The lowest BCUT2D eigenvalue weighted by atomic mass is 9.78. The molecule has 1 fully saturated rings. The Balaban J connectivity index is 2.12. The second-order valence-corrected chi connectivity index (χ2v) is 3.82. The van der Waals surface area contributed by atoms with Crippen molar-refractivity contribution in [2.75, 3.05) is 0 Å². The lowest BCUT2D eigenvalue weighted by Crippen LogP contribution is -2.32. The van der Waals surface area contributed by atoms with Gasteiger partial charge >= 0.3 is 0 Å². The van der Waals surface area contributed by atoms with Gasteiger partial charge in [0.1, 0.15) is 6.10 Å². The van der Waals surface area contributed by atoms with Gasteiger partial charge in [-0.3, -0.25) is 0 Å². The normalized spacial score (nSPS) is 42.7. The highest BCUT2D eigenvalue weighted by molar-refractivity contribution is 5.85. The molecule has 2 nitrogen and oxygen atoms in total. The molecule has 0 bridgehead atoms. The Labute approximate surface area is 67.6 Å². The van der Waals surface area contributed by atoms with E-state index < -0.39 is 0 Å². The summed E-state index contributed by atoms with van der Waals surface area (Å²) in [5.74, 6) is 1.34. The van der Waals surface area contributed by atoms with Crippen LogP contribution < -0.4 is 0 Å². The SMILES string of the molecule is CC1=NOC2C(C)CCCC12. The summed E-state index contributed by atoms with van der Waals surface area (Å²) < 4.78 is 0. The first-order chi connectivity index (χ1) is 5.29. The molecule has 3 atom stereocenters. The molecule has 1 saturated carbocycles. The Kier molecular flexibility index (Phi) is 1.63. The molecule has 0 spiro atoms. The van der Waals surface area contributed by atoms with Crippen molar-refractivity contribution in [3.63, 3.8) is 0 Å². The Morgan fingerprint density at radius 3 is 3.00 bits per heavy atom. The van der Waals surface area contributed by atoms with E-state index in [0.29, 0.717) is 17.9 Å². The van der Waals surface area contributed by atoms with Gasteiger partial charge in [-0.05, 0) is 25.7 Å². The average molecular weight is 153 g/mol. The van der Waals surface area contributed by atoms with Crippen LogP contribution in [0.25, 0.3) is 0 Å². The summed E-state index contributed by atoms with van der Waals surface area (Å²) in [6.45, 7) is 4.35. The van der Waals surface area contributed by atoms with Crippen molar-refractivity contribution >= 4 is 5.71 Å². The van der Waals surface area contributed by atoms with Crippen LogP contribution >= 0.6 is 0 Å². The van der Waals surface area contributed by atoms with Crippen molar-refractivity contribution < 1.29 is 4.84 Å². The molecule has 1 aliphatic carbocycles. The molecule has 0 radical (unpaired) electrons. The molecule has 0 amide bonds. The minimum Gasteiger partial charge on any atom is -0.392 e. The van der Waals surface area contributed by atoms with Gasteiger partial charge in [0, 0.05) is 5.92 Å². The van der Waals surface area contributed by atoms with Crippen molar-refractivity contribution in [1.82, 2.24) is 0 Å². The first-order valence-electron chi connectivity index (χ1n) is 4.49. The highest BCUT2D eigenvalue weighted by Crippen LogP contribution is 2.35. The first kappa shape index (κ1) is 7.14. The second kappa shape index (κ2) is 2.50. The van der Waals surface area contributed by atoms with E-state index in [2.05, 4.69) is 19.0 Å². The van der Waals surface area contributed by atoms with Crippen molar-refractivity contribution in [2.24, 2.45) is 17.0 Å². The molecule has 3 unspecified atom stereocenters. The Morgan fingerprint density at radius 2 is 2.27 bits per heavy atom. The van der Waals surface area contributed by atoms with Crippen LogP contribution in [0.3, 0.4) is 0 Å². The number of rotatable bonds is 0. The molecule has 62 valence electrons. The summed E-state index contributed by atoms with van der Waals surface area (Å²) >= 11 is 0. The minimum atomic E-state index is 0.406. The molecular weight excluding hydrogens is 138 g/mol. The van der Waals surface area contributed by atoms with Gasteiger partial charge in [-0.15, -0.1) is 0 Å². The van der Waals surface area contributed by atoms with Gasteiger partial charge < -0.3 is 4.84 Å². The molecule has 0 aromatic rings. The maximum absolute atomic E-state index is 5.37. The van der Waals surface area contributed by atoms with E-state index >= 15 is 0 Å². The van der Waals surface area contributed by atoms with Gasteiger partial charge in [0.15, 0.2) is 0 Å². The van der Waals surface area contributed by atoms with Crippen LogP contribution in [0.4, 0.5) is 0 Å².